The summed E-state index contributed by atoms with van der Waals surface area (Å²) in [4.78, 5) is 9.11. The van der Waals surface area contributed by atoms with Crippen molar-refractivity contribution in [2.45, 2.75) is 50.6 Å². The molecular weight excluding hydrogens is 348 g/mol. The second-order valence-electron chi connectivity index (χ2n) is 7.83. The quantitative estimate of drug-likeness (QED) is 0.533. The average Bonchev–Trinajstić information content (AvgIpc) is 3.18. The van der Waals surface area contributed by atoms with E-state index in [0.29, 0.717) is 24.0 Å². The van der Waals surface area contributed by atoms with Gasteiger partial charge in [0.25, 0.3) is 0 Å². The van der Waals surface area contributed by atoms with Gasteiger partial charge in [-0.2, -0.15) is 0 Å². The molecule has 0 spiro atoms. The molecule has 2 heterocycles. The molecule has 2 aromatic heterocycles. The van der Waals surface area contributed by atoms with Crippen molar-refractivity contribution in [3.05, 3.63) is 48.5 Å². The number of hydrogen-bond donors (Lipinski definition) is 2. The molecule has 28 heavy (non-hydrogen) atoms. The third-order valence-electron chi connectivity index (χ3n) is 6.13. The van der Waals surface area contributed by atoms with Gasteiger partial charge >= 0.3 is 0 Å². The van der Waals surface area contributed by atoms with Crippen molar-refractivity contribution in [1.29, 1.82) is 0 Å². The summed E-state index contributed by atoms with van der Waals surface area (Å²) in [5.41, 5.74) is 16.8. The molecule has 0 atom stereocenters. The van der Waals surface area contributed by atoms with E-state index in [4.69, 9.17) is 11.5 Å². The van der Waals surface area contributed by atoms with Gasteiger partial charge in [-0.25, -0.2) is 9.97 Å². The molecule has 6 nitrogen and oxygen atoms in total. The summed E-state index contributed by atoms with van der Waals surface area (Å²) < 4.78 is 4.49. The maximum absolute atomic E-state index is 6.28. The van der Waals surface area contributed by atoms with E-state index in [1.807, 2.05) is 24.3 Å². The fourth-order valence-electron chi connectivity index (χ4n) is 4.88. The second kappa shape index (κ2) is 6.86. The Hall–Kier alpha value is -3.02. The van der Waals surface area contributed by atoms with Gasteiger partial charge in [0.15, 0.2) is 0 Å². The van der Waals surface area contributed by atoms with Gasteiger partial charge in [0.1, 0.15) is 0 Å². The Labute approximate surface area is 164 Å². The summed E-state index contributed by atoms with van der Waals surface area (Å²) in [6.45, 7) is 0. The predicted octanol–water partition coefficient (Wildman–Crippen LogP) is 4.69. The second-order valence-corrected chi connectivity index (χ2v) is 7.83. The number of nitrogens with zero attached hydrogens (tertiary/aromatic N) is 4. The van der Waals surface area contributed by atoms with Crippen LogP contribution in [0.15, 0.2) is 48.5 Å². The van der Waals surface area contributed by atoms with E-state index >= 15 is 0 Å². The van der Waals surface area contributed by atoms with Crippen LogP contribution in [0.4, 0.5) is 11.9 Å². The number of imidazole rings is 2. The lowest BCUT2D eigenvalue weighted by molar-refractivity contribution is 0.324. The van der Waals surface area contributed by atoms with Crippen LogP contribution in [-0.4, -0.2) is 19.1 Å². The zero-order valence-corrected chi connectivity index (χ0v) is 16.0. The number of para-hydroxylation sites is 4. The van der Waals surface area contributed by atoms with Crippen LogP contribution in [0.5, 0.6) is 0 Å². The van der Waals surface area contributed by atoms with E-state index in [1.54, 1.807) is 0 Å². The number of benzene rings is 2. The van der Waals surface area contributed by atoms with E-state index in [9.17, 15) is 0 Å². The van der Waals surface area contributed by atoms with Crippen LogP contribution in [0.2, 0.25) is 0 Å². The van der Waals surface area contributed by atoms with Crippen molar-refractivity contribution in [3.63, 3.8) is 0 Å². The van der Waals surface area contributed by atoms with Crippen LogP contribution in [0, 0.1) is 0 Å². The van der Waals surface area contributed by atoms with Gasteiger partial charge in [0.05, 0.1) is 22.1 Å². The maximum Gasteiger partial charge on any atom is 0.201 e. The number of aromatic nitrogens is 4. The molecule has 6 heteroatoms. The minimum atomic E-state index is 0.408. The van der Waals surface area contributed by atoms with Crippen molar-refractivity contribution in [2.75, 3.05) is 11.5 Å². The van der Waals surface area contributed by atoms with Crippen LogP contribution in [0.1, 0.15) is 50.6 Å². The first-order valence-corrected chi connectivity index (χ1v) is 10.2. The van der Waals surface area contributed by atoms with E-state index in [2.05, 4.69) is 43.4 Å². The average molecular weight is 374 g/mol. The lowest BCUT2D eigenvalue weighted by Gasteiger charge is -2.28. The van der Waals surface area contributed by atoms with E-state index in [0.717, 1.165) is 60.6 Å². The van der Waals surface area contributed by atoms with E-state index in [1.165, 1.54) is 0 Å². The first-order valence-electron chi connectivity index (χ1n) is 10.2. The predicted molar refractivity (Wildman–Crippen MR) is 114 cm³/mol. The third-order valence-corrected chi connectivity index (χ3v) is 6.13. The van der Waals surface area contributed by atoms with Gasteiger partial charge in [-0.05, 0) is 62.8 Å². The van der Waals surface area contributed by atoms with E-state index in [-0.39, 0.29) is 0 Å². The molecule has 4 aromatic rings. The molecule has 0 bridgehead atoms. The van der Waals surface area contributed by atoms with Crippen molar-refractivity contribution < 1.29 is 0 Å². The fraction of sp³-hybridized carbons (Fsp3) is 0.364. The standard InChI is InChI=1S/C22H26N6/c23-21-25-17-11-1-3-13-19(17)27(21)15-7-5-9-16(10-6-8-15)28-20-14-4-2-12-18(20)26-22(28)24/h1-4,11-16H,5-10H2,(H2,23,25)(H2,24,26). The maximum atomic E-state index is 6.28. The van der Waals surface area contributed by atoms with Crippen LogP contribution < -0.4 is 11.5 Å². The SMILES string of the molecule is Nc1nc2ccccc2n1C1CCCC(n2c(N)nc3ccccc32)CCC1. The molecule has 1 aliphatic rings. The van der Waals surface area contributed by atoms with Gasteiger partial charge in [-0.15, -0.1) is 0 Å². The highest BCUT2D eigenvalue weighted by Crippen LogP contribution is 2.37. The van der Waals surface area contributed by atoms with Crippen LogP contribution in [-0.2, 0) is 0 Å². The van der Waals surface area contributed by atoms with Crippen molar-refractivity contribution in [2.24, 2.45) is 0 Å². The summed E-state index contributed by atoms with van der Waals surface area (Å²) in [5, 5.41) is 0. The highest BCUT2D eigenvalue weighted by atomic mass is 15.2. The van der Waals surface area contributed by atoms with E-state index < -0.39 is 0 Å². The lowest BCUT2D eigenvalue weighted by Crippen LogP contribution is -2.18. The van der Waals surface area contributed by atoms with Gasteiger partial charge in [0.2, 0.25) is 11.9 Å². The number of hydrogen-bond acceptors (Lipinski definition) is 4. The van der Waals surface area contributed by atoms with Gasteiger partial charge < -0.3 is 20.6 Å². The molecule has 0 unspecified atom stereocenters. The summed E-state index contributed by atoms with van der Waals surface area (Å²) >= 11 is 0. The minimum absolute atomic E-state index is 0.408. The Bertz CT molecular complexity index is 1030. The number of nitrogens with two attached hydrogens (primary N) is 2. The fourth-order valence-corrected chi connectivity index (χ4v) is 4.88. The monoisotopic (exact) mass is 374 g/mol. The molecule has 0 amide bonds. The molecule has 1 fully saturated rings. The Morgan fingerprint density at radius 2 is 1.04 bits per heavy atom. The summed E-state index contributed by atoms with van der Waals surface area (Å²) in [5.74, 6) is 1.27. The van der Waals surface area contributed by atoms with Gasteiger partial charge in [-0.3, -0.25) is 0 Å². The summed E-state index contributed by atoms with van der Waals surface area (Å²) in [6, 6.07) is 17.3. The molecule has 4 N–H and O–H groups in total. The number of nitrogen functional groups attached to an aromatic ring is 2. The molecule has 1 aliphatic carbocycles. The molecule has 144 valence electrons. The zero-order chi connectivity index (χ0) is 19.1. The molecule has 1 saturated carbocycles. The Morgan fingerprint density at radius 3 is 1.46 bits per heavy atom. The lowest BCUT2D eigenvalue weighted by atomic mass is 9.93. The Kier molecular flexibility index (Phi) is 4.19. The number of anilines is 2. The minimum Gasteiger partial charge on any atom is -0.369 e. The molecule has 5 rings (SSSR count). The smallest absolute Gasteiger partial charge is 0.201 e. The molecule has 0 saturated heterocycles. The molecule has 0 radical (unpaired) electrons. The summed E-state index contributed by atoms with van der Waals surface area (Å²) in [7, 11) is 0. The Balaban J connectivity index is 1.39. The first kappa shape index (κ1) is 17.1. The van der Waals surface area contributed by atoms with Crippen molar-refractivity contribution >= 4 is 34.0 Å². The largest absolute Gasteiger partial charge is 0.369 e. The molecular formula is C22H26N6. The van der Waals surface area contributed by atoms with Gasteiger partial charge in [-0.1, -0.05) is 24.3 Å². The topological polar surface area (TPSA) is 87.7 Å². The normalized spacial score (nSPS) is 21.0. The molecule has 0 aliphatic heterocycles. The van der Waals surface area contributed by atoms with Crippen LogP contribution >= 0.6 is 0 Å². The third kappa shape index (κ3) is 2.80. The highest BCUT2D eigenvalue weighted by Gasteiger charge is 2.24. The Morgan fingerprint density at radius 1 is 0.643 bits per heavy atom. The highest BCUT2D eigenvalue weighted by molar-refractivity contribution is 5.79. The summed E-state index contributed by atoms with van der Waals surface area (Å²) in [6.07, 6.45) is 6.68. The van der Waals surface area contributed by atoms with Crippen molar-refractivity contribution in [3.8, 4) is 0 Å². The number of fused-ring (bicyclic) bond motifs is 2. The first-order chi connectivity index (χ1) is 13.7. The number of rotatable bonds is 2. The zero-order valence-electron chi connectivity index (χ0n) is 16.0. The van der Waals surface area contributed by atoms with Crippen LogP contribution in [0.25, 0.3) is 22.1 Å². The van der Waals surface area contributed by atoms with Crippen LogP contribution in [0.3, 0.4) is 0 Å². The molecule has 2 aromatic carbocycles. The van der Waals surface area contributed by atoms with Gasteiger partial charge in [0, 0.05) is 12.1 Å². The van der Waals surface area contributed by atoms with Crippen molar-refractivity contribution in [1.82, 2.24) is 19.1 Å².